The molecular weight excluding hydrogens is 336 g/mol. The molecule has 1 amide bonds. The first kappa shape index (κ1) is 18.3. The van der Waals surface area contributed by atoms with Crippen LogP contribution in [0.25, 0.3) is 0 Å². The largest absolute Gasteiger partial charge is 0.378 e. The number of ether oxygens (including phenoxy) is 1. The summed E-state index contributed by atoms with van der Waals surface area (Å²) >= 11 is 0. The van der Waals surface area contributed by atoms with Crippen molar-refractivity contribution >= 4 is 11.9 Å². The number of benzene rings is 1. The fraction of sp³-hybridized carbons (Fsp3) is 0.556. The molecule has 0 saturated carbocycles. The van der Waals surface area contributed by atoms with E-state index in [0.29, 0.717) is 31.8 Å². The molecule has 26 heavy (non-hydrogen) atoms. The molecule has 1 aromatic carbocycles. The summed E-state index contributed by atoms with van der Waals surface area (Å²) in [6.07, 6.45) is 1.11. The number of carbonyl (C=O) groups excluding carboxylic acids is 1. The number of hydrogen-bond acceptors (Lipinski definition) is 4. The monoisotopic (exact) mass is 360 g/mol. The predicted octanol–water partition coefficient (Wildman–Crippen LogP) is 2.03. The van der Waals surface area contributed by atoms with E-state index in [-0.39, 0.29) is 23.9 Å². The normalized spacial score (nSPS) is 24.5. The van der Waals surface area contributed by atoms with Crippen LogP contribution < -0.4 is 0 Å². The molecule has 0 bridgehead atoms. The van der Waals surface area contributed by atoms with Crippen LogP contribution in [0.3, 0.4) is 0 Å². The maximum Gasteiger partial charge on any atom is 0.281 e. The maximum atomic E-state index is 13.0. The van der Waals surface area contributed by atoms with E-state index in [4.69, 9.17) is 4.74 Å². The summed E-state index contributed by atoms with van der Waals surface area (Å²) < 4.78 is 5.58. The van der Waals surface area contributed by atoms with E-state index in [2.05, 4.69) is 5.10 Å². The van der Waals surface area contributed by atoms with E-state index in [9.17, 15) is 14.9 Å². The van der Waals surface area contributed by atoms with Crippen LogP contribution >= 0.6 is 0 Å². The third kappa shape index (κ3) is 3.85. The minimum Gasteiger partial charge on any atom is -0.378 e. The minimum absolute atomic E-state index is 0.125. The minimum atomic E-state index is -0.732. The molecule has 2 aliphatic rings. The maximum absolute atomic E-state index is 13.0. The number of guanidine groups is 1. The summed E-state index contributed by atoms with van der Waals surface area (Å²) in [6.45, 7) is 8.02. The zero-order valence-electron chi connectivity index (χ0n) is 15.3. The zero-order chi connectivity index (χ0) is 18.8. The zero-order valence-corrected chi connectivity index (χ0v) is 15.3. The second-order valence-corrected chi connectivity index (χ2v) is 7.10. The number of aryl methyl sites for hydroxylation is 2. The highest BCUT2D eigenvalue weighted by atomic mass is 16.7. The van der Waals surface area contributed by atoms with Crippen LogP contribution in [-0.2, 0) is 4.74 Å². The Balaban J connectivity index is 1.82. The molecule has 3 rings (SSSR count). The molecule has 0 spiro atoms. The lowest BCUT2D eigenvalue weighted by molar-refractivity contribution is -0.486. The Morgan fingerprint density at radius 1 is 1.38 bits per heavy atom. The summed E-state index contributed by atoms with van der Waals surface area (Å²) in [5, 5.41) is 13.8. The Morgan fingerprint density at radius 2 is 2.15 bits per heavy atom. The Hall–Kier alpha value is -2.48. The number of hydrogen-bond donors (Lipinski definition) is 0. The Bertz CT molecular complexity index is 749. The lowest BCUT2D eigenvalue weighted by Gasteiger charge is -2.22. The molecule has 140 valence electrons. The van der Waals surface area contributed by atoms with Crippen molar-refractivity contribution in [3.8, 4) is 0 Å². The van der Waals surface area contributed by atoms with Crippen molar-refractivity contribution in [2.45, 2.75) is 33.3 Å². The van der Waals surface area contributed by atoms with Crippen molar-refractivity contribution in [2.24, 2.45) is 11.0 Å². The third-order valence-corrected chi connectivity index (χ3v) is 4.91. The van der Waals surface area contributed by atoms with Crippen molar-refractivity contribution < 1.29 is 14.6 Å². The van der Waals surface area contributed by atoms with E-state index >= 15 is 0 Å². The van der Waals surface area contributed by atoms with Gasteiger partial charge in [0.15, 0.2) is 5.03 Å². The van der Waals surface area contributed by atoms with Gasteiger partial charge in [0, 0.05) is 31.1 Å². The molecule has 1 aromatic rings. The Morgan fingerprint density at radius 3 is 2.77 bits per heavy atom. The first-order valence-electron chi connectivity index (χ1n) is 8.84. The van der Waals surface area contributed by atoms with Gasteiger partial charge < -0.3 is 9.64 Å². The van der Waals surface area contributed by atoms with Gasteiger partial charge in [-0.3, -0.25) is 9.69 Å². The van der Waals surface area contributed by atoms with Gasteiger partial charge in [0.1, 0.15) is 5.10 Å². The number of nitro groups is 1. The molecule has 2 unspecified atom stereocenters. The second-order valence-electron chi connectivity index (χ2n) is 7.10. The number of hydrazone groups is 1. The number of rotatable bonds is 4. The number of amides is 1. The lowest BCUT2D eigenvalue weighted by atomic mass is 10.0. The van der Waals surface area contributed by atoms with Gasteiger partial charge in [-0.2, -0.15) is 0 Å². The molecule has 0 radical (unpaired) electrons. The standard InChI is InChI=1S/C18H24N4O4/c1-12-4-5-16(13(2)8-12)17(23)21-7-6-20(18(21)19-22(24)25)10-15-9-14(3)26-11-15/h4-5,8,14-15H,6-7,9-11H2,1-3H3. The van der Waals surface area contributed by atoms with E-state index in [1.807, 2.05) is 37.8 Å². The van der Waals surface area contributed by atoms with Gasteiger partial charge in [0.25, 0.3) is 11.9 Å². The van der Waals surface area contributed by atoms with Crippen LogP contribution in [0.2, 0.25) is 0 Å². The van der Waals surface area contributed by atoms with Crippen LogP contribution in [0.4, 0.5) is 0 Å². The average Bonchev–Trinajstić information content (AvgIpc) is 3.14. The Kier molecular flexibility index (Phi) is 5.22. The van der Waals surface area contributed by atoms with Gasteiger partial charge in [-0.25, -0.2) is 10.1 Å². The number of carbonyl (C=O) groups is 1. The molecule has 2 heterocycles. The molecule has 8 heteroatoms. The van der Waals surface area contributed by atoms with Crippen molar-refractivity contribution in [1.29, 1.82) is 0 Å². The quantitative estimate of drug-likeness (QED) is 0.605. The van der Waals surface area contributed by atoms with Crippen molar-refractivity contribution in [3.63, 3.8) is 0 Å². The molecule has 2 aliphatic heterocycles. The van der Waals surface area contributed by atoms with Gasteiger partial charge in [0.2, 0.25) is 0 Å². The van der Waals surface area contributed by atoms with Crippen LogP contribution in [0.5, 0.6) is 0 Å². The third-order valence-electron chi connectivity index (χ3n) is 4.91. The fourth-order valence-electron chi connectivity index (χ4n) is 3.69. The molecule has 2 fully saturated rings. The highest BCUT2D eigenvalue weighted by Gasteiger charge is 2.37. The second kappa shape index (κ2) is 7.41. The van der Waals surface area contributed by atoms with Crippen LogP contribution in [-0.4, -0.2) is 59.0 Å². The molecule has 2 saturated heterocycles. The van der Waals surface area contributed by atoms with Crippen LogP contribution in [0.15, 0.2) is 23.3 Å². The van der Waals surface area contributed by atoms with Crippen molar-refractivity contribution in [2.75, 3.05) is 26.2 Å². The molecular formula is C18H24N4O4. The van der Waals surface area contributed by atoms with Gasteiger partial charge in [0.05, 0.1) is 12.7 Å². The highest BCUT2D eigenvalue weighted by Crippen LogP contribution is 2.23. The van der Waals surface area contributed by atoms with E-state index in [0.717, 1.165) is 17.5 Å². The summed E-state index contributed by atoms with van der Waals surface area (Å²) in [5.74, 6) is 0.166. The molecule has 0 N–H and O–H groups in total. The van der Waals surface area contributed by atoms with Gasteiger partial charge >= 0.3 is 0 Å². The summed E-state index contributed by atoms with van der Waals surface area (Å²) in [6, 6.07) is 5.57. The summed E-state index contributed by atoms with van der Waals surface area (Å²) in [4.78, 5) is 27.3. The van der Waals surface area contributed by atoms with Gasteiger partial charge in [-0.1, -0.05) is 17.7 Å². The number of nitrogens with zero attached hydrogens (tertiary/aromatic N) is 4. The van der Waals surface area contributed by atoms with E-state index < -0.39 is 5.03 Å². The fourth-order valence-corrected chi connectivity index (χ4v) is 3.69. The topological polar surface area (TPSA) is 88.3 Å². The van der Waals surface area contributed by atoms with Gasteiger partial charge in [-0.05, 0) is 38.8 Å². The Labute approximate surface area is 152 Å². The first-order chi connectivity index (χ1) is 12.3. The first-order valence-corrected chi connectivity index (χ1v) is 8.84. The van der Waals surface area contributed by atoms with Crippen LogP contribution in [0, 0.1) is 29.9 Å². The SMILES string of the molecule is Cc1ccc(C(=O)N2CCN(CC3COC(C)C3)C2=N[N+](=O)[O-])c(C)c1. The van der Waals surface area contributed by atoms with Crippen molar-refractivity contribution in [1.82, 2.24) is 9.80 Å². The van der Waals surface area contributed by atoms with E-state index in [1.165, 1.54) is 4.90 Å². The molecule has 0 aromatic heterocycles. The highest BCUT2D eigenvalue weighted by molar-refractivity contribution is 6.07. The molecule has 0 aliphatic carbocycles. The molecule has 2 atom stereocenters. The predicted molar refractivity (Wildman–Crippen MR) is 96.5 cm³/mol. The smallest absolute Gasteiger partial charge is 0.281 e. The van der Waals surface area contributed by atoms with Crippen molar-refractivity contribution in [3.05, 3.63) is 45.0 Å². The molecule has 8 nitrogen and oxygen atoms in total. The summed E-state index contributed by atoms with van der Waals surface area (Å²) in [5.41, 5.74) is 2.47. The van der Waals surface area contributed by atoms with E-state index in [1.54, 1.807) is 6.07 Å². The lowest BCUT2D eigenvalue weighted by Crippen LogP contribution is -2.40. The summed E-state index contributed by atoms with van der Waals surface area (Å²) in [7, 11) is 0. The van der Waals surface area contributed by atoms with Gasteiger partial charge in [-0.15, -0.1) is 0 Å². The average molecular weight is 360 g/mol. The van der Waals surface area contributed by atoms with Crippen LogP contribution in [0.1, 0.15) is 34.8 Å².